The summed E-state index contributed by atoms with van der Waals surface area (Å²) in [6.07, 6.45) is 4.78. The molecule has 0 aromatic carbocycles. The van der Waals surface area contributed by atoms with E-state index >= 15 is 0 Å². The fraction of sp³-hybridized carbons (Fsp3) is 0.500. The van der Waals surface area contributed by atoms with Gasteiger partial charge in [-0.15, -0.1) is 24.0 Å². The molecule has 0 aliphatic rings. The Kier molecular flexibility index (Phi) is 11.5. The molecule has 4 nitrogen and oxygen atoms in total. The minimum absolute atomic E-state index is 0. The summed E-state index contributed by atoms with van der Waals surface area (Å²) in [4.78, 5) is 8.20. The SMILES string of the molecule is CN=C(NCCSC)NCCc1ccc(Cl)nc1.I. The van der Waals surface area contributed by atoms with Crippen molar-refractivity contribution in [3.8, 4) is 0 Å². The molecule has 1 aromatic rings. The normalized spacial score (nSPS) is 10.8. The maximum Gasteiger partial charge on any atom is 0.191 e. The van der Waals surface area contributed by atoms with Crippen LogP contribution in [0.4, 0.5) is 0 Å². The molecule has 2 N–H and O–H groups in total. The Morgan fingerprint density at radius 3 is 2.68 bits per heavy atom. The fourth-order valence-electron chi connectivity index (χ4n) is 1.37. The van der Waals surface area contributed by atoms with Crippen LogP contribution in [0.1, 0.15) is 5.56 Å². The molecule has 1 heterocycles. The Bertz CT molecular complexity index is 372. The van der Waals surface area contributed by atoms with E-state index in [-0.39, 0.29) is 24.0 Å². The molecule has 0 unspecified atom stereocenters. The fourth-order valence-corrected chi connectivity index (χ4v) is 1.79. The summed E-state index contributed by atoms with van der Waals surface area (Å²) in [6, 6.07) is 3.79. The van der Waals surface area contributed by atoms with E-state index in [1.807, 2.05) is 23.9 Å². The molecule has 0 saturated carbocycles. The molecule has 0 aliphatic heterocycles. The molecule has 19 heavy (non-hydrogen) atoms. The lowest BCUT2D eigenvalue weighted by molar-refractivity contribution is 0.810. The summed E-state index contributed by atoms with van der Waals surface area (Å²) in [5.41, 5.74) is 1.16. The van der Waals surface area contributed by atoms with Crippen molar-refractivity contribution in [3.05, 3.63) is 29.0 Å². The van der Waals surface area contributed by atoms with Crippen molar-refractivity contribution in [1.29, 1.82) is 0 Å². The van der Waals surface area contributed by atoms with Crippen LogP contribution in [-0.4, -0.2) is 43.1 Å². The number of nitrogens with zero attached hydrogens (tertiary/aromatic N) is 2. The van der Waals surface area contributed by atoms with Crippen LogP contribution in [0.3, 0.4) is 0 Å². The summed E-state index contributed by atoms with van der Waals surface area (Å²) >= 11 is 7.54. The predicted molar refractivity (Wildman–Crippen MR) is 96.1 cm³/mol. The molecule has 7 heteroatoms. The van der Waals surface area contributed by atoms with Gasteiger partial charge in [-0.2, -0.15) is 11.8 Å². The standard InChI is InChI=1S/C12H19ClN4S.HI/c1-14-12(16-7-8-18-2)15-6-5-10-3-4-11(13)17-9-10;/h3-4,9H,5-8H2,1-2H3,(H2,14,15,16);1H. The van der Waals surface area contributed by atoms with Crippen molar-refractivity contribution in [2.75, 3.05) is 32.1 Å². The number of pyridine rings is 1. The van der Waals surface area contributed by atoms with E-state index in [2.05, 4.69) is 26.9 Å². The van der Waals surface area contributed by atoms with Crippen LogP contribution < -0.4 is 10.6 Å². The molecule has 108 valence electrons. The molecule has 0 saturated heterocycles. The zero-order valence-electron chi connectivity index (χ0n) is 11.1. The van der Waals surface area contributed by atoms with Gasteiger partial charge in [0.15, 0.2) is 5.96 Å². The second-order valence-electron chi connectivity index (χ2n) is 3.66. The minimum Gasteiger partial charge on any atom is -0.356 e. The highest BCUT2D eigenvalue weighted by atomic mass is 127. The molecular weight excluding hydrogens is 395 g/mol. The Labute approximate surface area is 141 Å². The van der Waals surface area contributed by atoms with E-state index in [0.29, 0.717) is 5.15 Å². The lowest BCUT2D eigenvalue weighted by Crippen LogP contribution is -2.39. The van der Waals surface area contributed by atoms with Gasteiger partial charge in [-0.05, 0) is 24.3 Å². The third-order valence-electron chi connectivity index (χ3n) is 2.32. The van der Waals surface area contributed by atoms with Gasteiger partial charge in [0.2, 0.25) is 0 Å². The van der Waals surface area contributed by atoms with Gasteiger partial charge in [0.1, 0.15) is 5.15 Å². The number of hydrogen-bond donors (Lipinski definition) is 2. The highest BCUT2D eigenvalue weighted by Gasteiger charge is 1.98. The van der Waals surface area contributed by atoms with Crippen molar-refractivity contribution in [2.24, 2.45) is 4.99 Å². The third-order valence-corrected chi connectivity index (χ3v) is 3.15. The van der Waals surface area contributed by atoms with Crippen LogP contribution in [0.5, 0.6) is 0 Å². The van der Waals surface area contributed by atoms with Crippen LogP contribution in [0.25, 0.3) is 0 Å². The number of rotatable bonds is 6. The van der Waals surface area contributed by atoms with Gasteiger partial charge in [-0.25, -0.2) is 4.98 Å². The summed E-state index contributed by atoms with van der Waals surface area (Å²) in [7, 11) is 1.78. The first-order valence-corrected chi connectivity index (χ1v) is 7.57. The second kappa shape index (κ2) is 11.6. The first-order valence-electron chi connectivity index (χ1n) is 5.80. The van der Waals surface area contributed by atoms with Gasteiger partial charge < -0.3 is 10.6 Å². The summed E-state index contributed by atoms with van der Waals surface area (Å²) < 4.78 is 0. The van der Waals surface area contributed by atoms with Crippen molar-refractivity contribution in [2.45, 2.75) is 6.42 Å². The minimum atomic E-state index is 0. The number of aliphatic imine (C=N–C) groups is 1. The number of guanidine groups is 1. The maximum atomic E-state index is 5.73. The molecule has 0 amide bonds. The Morgan fingerprint density at radius 2 is 2.11 bits per heavy atom. The maximum absolute atomic E-state index is 5.73. The second-order valence-corrected chi connectivity index (χ2v) is 5.03. The van der Waals surface area contributed by atoms with Crippen LogP contribution >= 0.6 is 47.3 Å². The molecule has 0 bridgehead atoms. The van der Waals surface area contributed by atoms with Crippen molar-refractivity contribution < 1.29 is 0 Å². The van der Waals surface area contributed by atoms with Crippen LogP contribution in [-0.2, 0) is 6.42 Å². The van der Waals surface area contributed by atoms with Gasteiger partial charge in [0.25, 0.3) is 0 Å². The van der Waals surface area contributed by atoms with E-state index in [9.17, 15) is 0 Å². The molecule has 0 aliphatic carbocycles. The number of aromatic nitrogens is 1. The van der Waals surface area contributed by atoms with E-state index in [0.717, 1.165) is 36.8 Å². The Hall–Kier alpha value is -0.210. The quantitative estimate of drug-likeness (QED) is 0.247. The molecule has 0 spiro atoms. The first-order chi connectivity index (χ1) is 8.76. The Balaban J connectivity index is 0.00000324. The molecule has 0 fully saturated rings. The molecule has 1 aromatic heterocycles. The average molecular weight is 415 g/mol. The largest absolute Gasteiger partial charge is 0.356 e. The van der Waals surface area contributed by atoms with Crippen molar-refractivity contribution >= 4 is 53.3 Å². The van der Waals surface area contributed by atoms with Crippen molar-refractivity contribution in [3.63, 3.8) is 0 Å². The Morgan fingerprint density at radius 1 is 1.37 bits per heavy atom. The number of halogens is 2. The molecule has 0 radical (unpaired) electrons. The first kappa shape index (κ1) is 18.8. The zero-order chi connectivity index (χ0) is 13.2. The van der Waals surface area contributed by atoms with Crippen LogP contribution in [0, 0.1) is 0 Å². The lowest BCUT2D eigenvalue weighted by Gasteiger charge is -2.11. The smallest absolute Gasteiger partial charge is 0.191 e. The van der Waals surface area contributed by atoms with E-state index < -0.39 is 0 Å². The highest BCUT2D eigenvalue weighted by molar-refractivity contribution is 14.0. The lowest BCUT2D eigenvalue weighted by atomic mass is 10.2. The van der Waals surface area contributed by atoms with Crippen molar-refractivity contribution in [1.82, 2.24) is 15.6 Å². The van der Waals surface area contributed by atoms with E-state index in [1.165, 1.54) is 0 Å². The number of hydrogen-bond acceptors (Lipinski definition) is 3. The topological polar surface area (TPSA) is 49.3 Å². The summed E-state index contributed by atoms with van der Waals surface area (Å²) in [5, 5.41) is 7.04. The van der Waals surface area contributed by atoms with Gasteiger partial charge in [0.05, 0.1) is 0 Å². The van der Waals surface area contributed by atoms with Crippen LogP contribution in [0.2, 0.25) is 5.15 Å². The zero-order valence-corrected chi connectivity index (χ0v) is 15.1. The van der Waals surface area contributed by atoms with Gasteiger partial charge in [-0.3, -0.25) is 4.99 Å². The predicted octanol–water partition coefficient (Wildman–Crippen LogP) is 2.42. The van der Waals surface area contributed by atoms with Gasteiger partial charge in [-0.1, -0.05) is 17.7 Å². The van der Waals surface area contributed by atoms with Gasteiger partial charge in [0, 0.05) is 32.1 Å². The molecule has 1 rings (SSSR count). The monoisotopic (exact) mass is 414 g/mol. The number of nitrogens with one attached hydrogen (secondary N) is 2. The molecule has 0 atom stereocenters. The number of thioether (sulfide) groups is 1. The van der Waals surface area contributed by atoms with E-state index in [4.69, 9.17) is 11.6 Å². The van der Waals surface area contributed by atoms with Gasteiger partial charge >= 0.3 is 0 Å². The highest BCUT2D eigenvalue weighted by Crippen LogP contribution is 2.05. The van der Waals surface area contributed by atoms with E-state index in [1.54, 1.807) is 13.2 Å². The third kappa shape index (κ3) is 8.54. The molecular formula is C12H20ClIN4S. The summed E-state index contributed by atoms with van der Waals surface area (Å²) in [5.74, 6) is 1.91. The average Bonchev–Trinajstić information content (AvgIpc) is 2.39. The summed E-state index contributed by atoms with van der Waals surface area (Å²) in [6.45, 7) is 1.74. The van der Waals surface area contributed by atoms with Crippen LogP contribution in [0.15, 0.2) is 23.3 Å².